The van der Waals surface area contributed by atoms with Crippen molar-refractivity contribution in [2.75, 3.05) is 18.6 Å². The van der Waals surface area contributed by atoms with Gasteiger partial charge in [-0.2, -0.15) is 0 Å². The fraction of sp³-hybridized carbons (Fsp3) is 0.200. The van der Waals surface area contributed by atoms with E-state index in [4.69, 9.17) is 4.74 Å². The van der Waals surface area contributed by atoms with Crippen LogP contribution in [0.5, 0.6) is 5.75 Å². The molecule has 0 atom stereocenters. The van der Waals surface area contributed by atoms with Crippen molar-refractivity contribution in [2.45, 2.75) is 19.4 Å². The monoisotopic (exact) mass is 418 g/mol. The number of rotatable bonds is 5. The summed E-state index contributed by atoms with van der Waals surface area (Å²) in [6.07, 6.45) is 1.60. The van der Waals surface area contributed by atoms with E-state index in [0.29, 0.717) is 24.2 Å². The number of fused-ring (bicyclic) bond motifs is 1. The predicted octanol–water partition coefficient (Wildman–Crippen LogP) is 4.36. The number of methoxy groups -OCH3 is 1. The average molecular weight is 418 g/mol. The Morgan fingerprint density at radius 1 is 1.00 bits per heavy atom. The van der Waals surface area contributed by atoms with E-state index in [1.807, 2.05) is 36.4 Å². The highest BCUT2D eigenvalue weighted by Crippen LogP contribution is 2.29. The van der Waals surface area contributed by atoms with E-state index < -0.39 is 0 Å². The lowest BCUT2D eigenvalue weighted by molar-refractivity contribution is 0.0950. The van der Waals surface area contributed by atoms with Gasteiger partial charge in [0.2, 0.25) is 0 Å². The number of aryl methyl sites for hydroxylation is 1. The van der Waals surface area contributed by atoms with E-state index >= 15 is 0 Å². The zero-order valence-corrected chi connectivity index (χ0v) is 17.2. The lowest BCUT2D eigenvalue weighted by Gasteiger charge is -2.30. The quantitative estimate of drug-likeness (QED) is 0.670. The Kier molecular flexibility index (Phi) is 5.98. The van der Waals surface area contributed by atoms with Crippen LogP contribution in [0.4, 0.5) is 10.1 Å². The predicted molar refractivity (Wildman–Crippen MR) is 117 cm³/mol. The van der Waals surface area contributed by atoms with Gasteiger partial charge in [-0.25, -0.2) is 4.39 Å². The van der Waals surface area contributed by atoms with Gasteiger partial charge in [0.15, 0.2) is 0 Å². The molecule has 0 fully saturated rings. The molecule has 5 nitrogen and oxygen atoms in total. The summed E-state index contributed by atoms with van der Waals surface area (Å²) in [4.78, 5) is 27.3. The summed E-state index contributed by atoms with van der Waals surface area (Å²) < 4.78 is 18.3. The molecule has 2 amide bonds. The fourth-order valence-corrected chi connectivity index (χ4v) is 3.73. The fourth-order valence-electron chi connectivity index (χ4n) is 3.73. The van der Waals surface area contributed by atoms with Crippen molar-refractivity contribution < 1.29 is 18.7 Å². The molecule has 0 bridgehead atoms. The standard InChI is InChI=1S/C25H23FN2O3/c1-31-22-11-4-17(5-12-22)16-27-24(29)20-8-13-23-19(15-20)3-2-14-28(23)25(30)18-6-9-21(26)10-7-18/h4-13,15H,2-3,14,16H2,1H3,(H,27,29). The van der Waals surface area contributed by atoms with E-state index in [1.54, 1.807) is 18.1 Å². The Balaban J connectivity index is 1.47. The third-order valence-corrected chi connectivity index (χ3v) is 5.41. The molecule has 0 unspecified atom stereocenters. The first kappa shape index (κ1) is 20.6. The maximum absolute atomic E-state index is 13.2. The van der Waals surface area contributed by atoms with Crippen LogP contribution in [0.25, 0.3) is 0 Å². The van der Waals surface area contributed by atoms with E-state index in [2.05, 4.69) is 5.32 Å². The Morgan fingerprint density at radius 2 is 1.71 bits per heavy atom. The molecule has 158 valence electrons. The van der Waals surface area contributed by atoms with Gasteiger partial charge in [0.05, 0.1) is 7.11 Å². The number of nitrogens with zero attached hydrogens (tertiary/aromatic N) is 1. The lowest BCUT2D eigenvalue weighted by atomic mass is 9.98. The molecule has 31 heavy (non-hydrogen) atoms. The van der Waals surface area contributed by atoms with Gasteiger partial charge in [-0.05, 0) is 78.6 Å². The minimum absolute atomic E-state index is 0.166. The summed E-state index contributed by atoms with van der Waals surface area (Å²) in [6.45, 7) is 1.00. The van der Waals surface area contributed by atoms with Crippen LogP contribution in [-0.2, 0) is 13.0 Å². The molecule has 1 heterocycles. The maximum Gasteiger partial charge on any atom is 0.258 e. The molecular formula is C25H23FN2O3. The first-order valence-electron chi connectivity index (χ1n) is 10.2. The van der Waals surface area contributed by atoms with Crippen LogP contribution in [0.1, 0.15) is 38.3 Å². The van der Waals surface area contributed by atoms with E-state index in [-0.39, 0.29) is 17.6 Å². The molecule has 4 rings (SSSR count). The number of nitrogens with one attached hydrogen (secondary N) is 1. The molecule has 0 saturated carbocycles. The number of hydrogen-bond acceptors (Lipinski definition) is 3. The number of amides is 2. The topological polar surface area (TPSA) is 58.6 Å². The van der Waals surface area contributed by atoms with Crippen LogP contribution in [0, 0.1) is 5.82 Å². The molecule has 1 aliphatic rings. The van der Waals surface area contributed by atoms with Crippen LogP contribution in [0.2, 0.25) is 0 Å². The zero-order valence-electron chi connectivity index (χ0n) is 17.2. The first-order valence-corrected chi connectivity index (χ1v) is 10.2. The Bertz CT molecular complexity index is 1090. The van der Waals surface area contributed by atoms with Gasteiger partial charge in [-0.3, -0.25) is 9.59 Å². The van der Waals surface area contributed by atoms with Crippen molar-refractivity contribution in [3.05, 3.63) is 94.8 Å². The molecule has 3 aromatic rings. The molecular weight excluding hydrogens is 395 g/mol. The Hall–Kier alpha value is -3.67. The summed E-state index contributed by atoms with van der Waals surface area (Å²) in [6, 6.07) is 18.5. The van der Waals surface area contributed by atoms with Gasteiger partial charge in [-0.1, -0.05) is 12.1 Å². The molecule has 6 heteroatoms. The number of benzene rings is 3. The van der Waals surface area contributed by atoms with Gasteiger partial charge in [0.25, 0.3) is 11.8 Å². The molecule has 0 radical (unpaired) electrons. The highest BCUT2D eigenvalue weighted by atomic mass is 19.1. The zero-order chi connectivity index (χ0) is 21.8. The number of hydrogen-bond donors (Lipinski definition) is 1. The van der Waals surface area contributed by atoms with Crippen molar-refractivity contribution in [1.29, 1.82) is 0 Å². The Morgan fingerprint density at radius 3 is 2.42 bits per heavy atom. The van der Waals surface area contributed by atoms with Gasteiger partial charge < -0.3 is 15.0 Å². The maximum atomic E-state index is 13.2. The highest BCUT2D eigenvalue weighted by molar-refractivity contribution is 6.07. The normalized spacial score (nSPS) is 12.8. The number of halogens is 1. The van der Waals surface area contributed by atoms with Crippen LogP contribution >= 0.6 is 0 Å². The summed E-state index contributed by atoms with van der Waals surface area (Å²) in [7, 11) is 1.61. The van der Waals surface area contributed by atoms with Gasteiger partial charge in [0, 0.05) is 29.9 Å². The van der Waals surface area contributed by atoms with E-state index in [9.17, 15) is 14.0 Å². The Labute approximate surface area is 180 Å². The molecule has 0 aliphatic carbocycles. The van der Waals surface area contributed by atoms with E-state index in [1.165, 1.54) is 24.3 Å². The van der Waals surface area contributed by atoms with Crippen LogP contribution in [0.3, 0.4) is 0 Å². The van der Waals surface area contributed by atoms with Crippen molar-refractivity contribution in [3.63, 3.8) is 0 Å². The third-order valence-electron chi connectivity index (χ3n) is 5.41. The van der Waals surface area contributed by atoms with Crippen LogP contribution < -0.4 is 15.0 Å². The van der Waals surface area contributed by atoms with Gasteiger partial charge >= 0.3 is 0 Å². The molecule has 1 aliphatic heterocycles. The summed E-state index contributed by atoms with van der Waals surface area (Å²) in [5.41, 5.74) is 3.73. The lowest BCUT2D eigenvalue weighted by Crippen LogP contribution is -2.35. The minimum atomic E-state index is -0.374. The summed E-state index contributed by atoms with van der Waals surface area (Å²) in [5.74, 6) is 0.0589. The van der Waals surface area contributed by atoms with Crippen molar-refractivity contribution in [1.82, 2.24) is 5.32 Å². The van der Waals surface area contributed by atoms with Crippen molar-refractivity contribution in [3.8, 4) is 5.75 Å². The molecule has 0 aromatic heterocycles. The smallest absolute Gasteiger partial charge is 0.258 e. The van der Waals surface area contributed by atoms with Crippen LogP contribution in [0.15, 0.2) is 66.7 Å². The van der Waals surface area contributed by atoms with Gasteiger partial charge in [0.1, 0.15) is 11.6 Å². The van der Waals surface area contributed by atoms with Crippen LogP contribution in [-0.4, -0.2) is 25.5 Å². The first-order chi connectivity index (χ1) is 15.0. The highest BCUT2D eigenvalue weighted by Gasteiger charge is 2.24. The second-order valence-corrected chi connectivity index (χ2v) is 7.44. The van der Waals surface area contributed by atoms with Crippen molar-refractivity contribution in [2.24, 2.45) is 0 Å². The minimum Gasteiger partial charge on any atom is -0.497 e. The number of anilines is 1. The second-order valence-electron chi connectivity index (χ2n) is 7.44. The number of carbonyl (C=O) groups is 2. The summed E-state index contributed by atoms with van der Waals surface area (Å²) in [5, 5.41) is 2.93. The molecule has 1 N–H and O–H groups in total. The SMILES string of the molecule is COc1ccc(CNC(=O)c2ccc3c(c2)CCCN3C(=O)c2ccc(F)cc2)cc1. The molecule has 0 saturated heterocycles. The second kappa shape index (κ2) is 9.00. The van der Waals surface area contributed by atoms with E-state index in [0.717, 1.165) is 35.4 Å². The third kappa shape index (κ3) is 4.58. The average Bonchev–Trinajstić information content (AvgIpc) is 2.82. The van der Waals surface area contributed by atoms with Gasteiger partial charge in [-0.15, -0.1) is 0 Å². The number of ether oxygens (including phenoxy) is 1. The largest absolute Gasteiger partial charge is 0.497 e. The molecule has 0 spiro atoms. The summed E-state index contributed by atoms with van der Waals surface area (Å²) >= 11 is 0. The molecule has 3 aromatic carbocycles. The van der Waals surface area contributed by atoms with Crippen molar-refractivity contribution >= 4 is 17.5 Å². The number of carbonyl (C=O) groups excluding carboxylic acids is 2.